The Morgan fingerprint density at radius 1 is 1.48 bits per heavy atom. The van der Waals surface area contributed by atoms with Crippen molar-refractivity contribution < 1.29 is 4.74 Å². The second-order valence-corrected chi connectivity index (χ2v) is 6.80. The van der Waals surface area contributed by atoms with Crippen LogP contribution in [0.15, 0.2) is 23.0 Å². The molecule has 1 N–H and O–H groups in total. The highest BCUT2D eigenvalue weighted by molar-refractivity contribution is 9.09. The van der Waals surface area contributed by atoms with E-state index in [1.54, 1.807) is 11.7 Å². The molecule has 1 aromatic heterocycles. The van der Waals surface area contributed by atoms with E-state index in [0.29, 0.717) is 0 Å². The summed E-state index contributed by atoms with van der Waals surface area (Å²) >= 11 is 3.59. The zero-order valence-corrected chi connectivity index (χ0v) is 13.9. The van der Waals surface area contributed by atoms with Gasteiger partial charge in [0, 0.05) is 29.4 Å². The summed E-state index contributed by atoms with van der Waals surface area (Å²) in [4.78, 5) is 13.0. The van der Waals surface area contributed by atoms with Crippen LogP contribution in [0.3, 0.4) is 0 Å². The normalized spacial score (nSPS) is 15.6. The number of hydrogen-bond donors (Lipinski definition) is 1. The number of rotatable bonds is 3. The number of ether oxygens (including phenoxy) is 1. The standard InChI is InChI=1S/C16H19BrN2O2/c1-10(17)11-5-6-12-14(8-11)19(9-21-2)16(20)13-4-3-7-18-15(12)13/h5-6,8,10,18H,3-4,7,9H2,1-2H3. The van der Waals surface area contributed by atoms with E-state index >= 15 is 0 Å². The molecule has 2 heterocycles. The highest BCUT2D eigenvalue weighted by Crippen LogP contribution is 2.32. The van der Waals surface area contributed by atoms with Crippen molar-refractivity contribution in [3.63, 3.8) is 0 Å². The molecule has 4 nitrogen and oxygen atoms in total. The maximum Gasteiger partial charge on any atom is 0.258 e. The van der Waals surface area contributed by atoms with Crippen molar-refractivity contribution >= 4 is 32.5 Å². The van der Waals surface area contributed by atoms with Crippen LogP contribution in [0.4, 0.5) is 5.69 Å². The predicted octanol–water partition coefficient (Wildman–Crippen LogP) is 3.42. The van der Waals surface area contributed by atoms with Crippen molar-refractivity contribution in [1.29, 1.82) is 0 Å². The molecule has 3 rings (SSSR count). The minimum absolute atomic E-state index is 0.0610. The molecule has 1 aliphatic rings. The van der Waals surface area contributed by atoms with Crippen molar-refractivity contribution in [3.8, 4) is 0 Å². The lowest BCUT2D eigenvalue weighted by molar-refractivity contribution is 0.131. The first-order valence-corrected chi connectivity index (χ1v) is 8.11. The summed E-state index contributed by atoms with van der Waals surface area (Å²) in [6, 6.07) is 6.29. The summed E-state index contributed by atoms with van der Waals surface area (Å²) in [5, 5.41) is 4.49. The second kappa shape index (κ2) is 5.81. The molecule has 0 fully saturated rings. The fraction of sp³-hybridized carbons (Fsp3) is 0.438. The van der Waals surface area contributed by atoms with Gasteiger partial charge in [-0.1, -0.05) is 28.1 Å². The van der Waals surface area contributed by atoms with Gasteiger partial charge in [0.15, 0.2) is 0 Å². The second-order valence-electron chi connectivity index (χ2n) is 5.43. The molecule has 0 radical (unpaired) electrons. The molecule has 0 spiro atoms. The number of benzene rings is 1. The molecule has 112 valence electrons. The summed E-state index contributed by atoms with van der Waals surface area (Å²) < 4.78 is 6.98. The lowest BCUT2D eigenvalue weighted by Gasteiger charge is -2.22. The number of nitrogens with zero attached hydrogens (tertiary/aromatic N) is 1. The molecule has 1 aliphatic heterocycles. The van der Waals surface area contributed by atoms with E-state index in [1.807, 2.05) is 0 Å². The van der Waals surface area contributed by atoms with Crippen molar-refractivity contribution in [2.45, 2.75) is 31.3 Å². The van der Waals surface area contributed by atoms with Gasteiger partial charge in [0.1, 0.15) is 6.73 Å². The molecule has 0 saturated heterocycles. The number of alkyl halides is 1. The zero-order chi connectivity index (χ0) is 15.0. The van der Waals surface area contributed by atoms with Crippen LogP contribution in [0.2, 0.25) is 0 Å². The van der Waals surface area contributed by atoms with Crippen molar-refractivity contribution in [3.05, 3.63) is 39.7 Å². The van der Waals surface area contributed by atoms with E-state index in [-0.39, 0.29) is 17.1 Å². The first-order valence-electron chi connectivity index (χ1n) is 7.19. The number of anilines is 1. The van der Waals surface area contributed by atoms with Crippen molar-refractivity contribution in [2.75, 3.05) is 19.0 Å². The Bertz CT molecular complexity index is 737. The van der Waals surface area contributed by atoms with E-state index < -0.39 is 0 Å². The van der Waals surface area contributed by atoms with Gasteiger partial charge in [-0.2, -0.15) is 0 Å². The van der Waals surface area contributed by atoms with Gasteiger partial charge in [-0.3, -0.25) is 9.36 Å². The van der Waals surface area contributed by atoms with Gasteiger partial charge < -0.3 is 10.1 Å². The average Bonchev–Trinajstić information content (AvgIpc) is 2.51. The van der Waals surface area contributed by atoms with E-state index in [0.717, 1.165) is 47.1 Å². The lowest BCUT2D eigenvalue weighted by atomic mass is 9.99. The van der Waals surface area contributed by atoms with Crippen LogP contribution in [0.5, 0.6) is 0 Å². The fourth-order valence-electron chi connectivity index (χ4n) is 2.94. The molecule has 0 bridgehead atoms. The quantitative estimate of drug-likeness (QED) is 0.862. The van der Waals surface area contributed by atoms with Crippen molar-refractivity contribution in [2.24, 2.45) is 0 Å². The molecule has 1 atom stereocenters. The molecule has 21 heavy (non-hydrogen) atoms. The maximum absolute atomic E-state index is 12.7. The maximum atomic E-state index is 12.7. The number of nitrogens with one attached hydrogen (secondary N) is 1. The SMILES string of the molecule is COCn1c(=O)c2c(c3ccc(C(C)Br)cc31)NCCC2. The van der Waals surface area contributed by atoms with Crippen LogP contribution in [-0.2, 0) is 17.9 Å². The highest BCUT2D eigenvalue weighted by atomic mass is 79.9. The molecule has 0 aliphatic carbocycles. The first kappa shape index (κ1) is 14.6. The molecule has 5 heteroatoms. The van der Waals surface area contributed by atoms with E-state index in [2.05, 4.69) is 46.4 Å². The monoisotopic (exact) mass is 350 g/mol. The minimum atomic E-state index is 0.0610. The van der Waals surface area contributed by atoms with E-state index in [1.165, 1.54) is 0 Å². The predicted molar refractivity (Wildman–Crippen MR) is 89.4 cm³/mol. The molecular weight excluding hydrogens is 332 g/mol. The topological polar surface area (TPSA) is 43.3 Å². The summed E-state index contributed by atoms with van der Waals surface area (Å²) in [7, 11) is 1.62. The smallest absolute Gasteiger partial charge is 0.258 e. The van der Waals surface area contributed by atoms with Gasteiger partial charge >= 0.3 is 0 Å². The fourth-order valence-corrected chi connectivity index (χ4v) is 3.23. The van der Waals surface area contributed by atoms with E-state index in [9.17, 15) is 4.79 Å². The van der Waals surface area contributed by atoms with Crippen LogP contribution in [0.1, 0.15) is 29.3 Å². The third kappa shape index (κ3) is 2.49. The molecular formula is C16H19BrN2O2. The summed E-state index contributed by atoms with van der Waals surface area (Å²) in [5.41, 5.74) is 4.03. The summed E-state index contributed by atoms with van der Waals surface area (Å²) in [6.45, 7) is 3.28. The van der Waals surface area contributed by atoms with Crippen LogP contribution in [0, 0.1) is 0 Å². The number of pyridine rings is 1. The van der Waals surface area contributed by atoms with Crippen LogP contribution >= 0.6 is 15.9 Å². The Labute approximate surface area is 132 Å². The van der Waals surface area contributed by atoms with Gasteiger partial charge in [0.2, 0.25) is 0 Å². The Morgan fingerprint density at radius 2 is 2.29 bits per heavy atom. The number of fused-ring (bicyclic) bond motifs is 3. The van der Waals surface area contributed by atoms with Gasteiger partial charge in [0.25, 0.3) is 5.56 Å². The van der Waals surface area contributed by atoms with Gasteiger partial charge in [-0.15, -0.1) is 0 Å². The van der Waals surface area contributed by atoms with Gasteiger partial charge in [0.05, 0.1) is 11.2 Å². The summed E-state index contributed by atoms with van der Waals surface area (Å²) in [6.07, 6.45) is 1.83. The molecule has 1 aromatic carbocycles. The van der Waals surface area contributed by atoms with E-state index in [4.69, 9.17) is 4.74 Å². The van der Waals surface area contributed by atoms with Gasteiger partial charge in [-0.25, -0.2) is 0 Å². The Kier molecular flexibility index (Phi) is 4.04. The minimum Gasteiger partial charge on any atom is -0.384 e. The lowest BCUT2D eigenvalue weighted by Crippen LogP contribution is -2.29. The third-order valence-electron chi connectivity index (χ3n) is 4.01. The van der Waals surface area contributed by atoms with Crippen LogP contribution in [-0.4, -0.2) is 18.2 Å². The Hall–Kier alpha value is -1.33. The molecule has 0 saturated carbocycles. The molecule has 1 unspecified atom stereocenters. The molecule has 0 amide bonds. The molecule has 2 aromatic rings. The highest BCUT2D eigenvalue weighted by Gasteiger charge is 2.19. The number of hydrogen-bond acceptors (Lipinski definition) is 3. The number of methoxy groups -OCH3 is 1. The first-order chi connectivity index (χ1) is 10.1. The van der Waals surface area contributed by atoms with Crippen LogP contribution in [0.25, 0.3) is 10.9 Å². The number of aromatic nitrogens is 1. The summed E-state index contributed by atoms with van der Waals surface area (Å²) in [5.74, 6) is 0. The average molecular weight is 351 g/mol. The Balaban J connectivity index is 2.36. The van der Waals surface area contributed by atoms with Crippen molar-refractivity contribution in [1.82, 2.24) is 4.57 Å². The van der Waals surface area contributed by atoms with Gasteiger partial charge in [-0.05, 0) is 31.4 Å². The largest absolute Gasteiger partial charge is 0.384 e. The third-order valence-corrected chi connectivity index (χ3v) is 4.54. The van der Waals surface area contributed by atoms with Crippen LogP contribution < -0.4 is 10.9 Å². The Morgan fingerprint density at radius 3 is 3.00 bits per heavy atom. The zero-order valence-electron chi connectivity index (χ0n) is 12.3. The number of halogens is 1.